The van der Waals surface area contributed by atoms with Gasteiger partial charge in [0.1, 0.15) is 0 Å². The highest BCUT2D eigenvalue weighted by Gasteiger charge is 2.34. The number of amides is 1. The molecule has 8 nitrogen and oxygen atoms in total. The van der Waals surface area contributed by atoms with Gasteiger partial charge < -0.3 is 10.2 Å². The summed E-state index contributed by atoms with van der Waals surface area (Å²) in [6.45, 7) is 6.18. The van der Waals surface area contributed by atoms with Crippen LogP contribution in [0.3, 0.4) is 0 Å². The number of aliphatic hydroxyl groups is 1. The van der Waals surface area contributed by atoms with Crippen molar-refractivity contribution in [1.82, 2.24) is 13.9 Å². The summed E-state index contributed by atoms with van der Waals surface area (Å²) in [6, 6.07) is 17.6. The Balaban J connectivity index is 2.35. The SMILES string of the molecule is CCCCNS(=O)(=O)N(CC(C)C)C[C@@H](O)C(Cc1ccccc1)N(Cc1ccccc1)C(=O)O. The van der Waals surface area contributed by atoms with Gasteiger partial charge in [0.15, 0.2) is 0 Å². The number of unbranched alkanes of at least 4 members (excludes halogenated alkanes) is 1. The van der Waals surface area contributed by atoms with Gasteiger partial charge in [-0.25, -0.2) is 9.52 Å². The van der Waals surface area contributed by atoms with Gasteiger partial charge in [0, 0.05) is 26.2 Å². The minimum atomic E-state index is -3.84. The molecule has 0 fully saturated rings. The fourth-order valence-corrected chi connectivity index (χ4v) is 5.32. The largest absolute Gasteiger partial charge is 0.465 e. The molecular formula is C26H39N3O5S. The van der Waals surface area contributed by atoms with Crippen molar-refractivity contribution in [2.45, 2.75) is 58.7 Å². The lowest BCUT2D eigenvalue weighted by molar-refractivity contribution is 0.0335. The average Bonchev–Trinajstić information content (AvgIpc) is 2.81. The normalized spacial score (nSPS) is 13.7. The fraction of sp³-hybridized carbons (Fsp3) is 0.500. The number of hydrogen-bond acceptors (Lipinski definition) is 4. The predicted octanol–water partition coefficient (Wildman–Crippen LogP) is 3.73. The first-order valence-corrected chi connectivity index (χ1v) is 13.6. The van der Waals surface area contributed by atoms with Crippen LogP contribution in [0.4, 0.5) is 4.79 Å². The van der Waals surface area contributed by atoms with Gasteiger partial charge in [-0.05, 0) is 29.9 Å². The molecule has 2 atom stereocenters. The molecule has 0 radical (unpaired) electrons. The molecule has 0 heterocycles. The zero-order chi connectivity index (χ0) is 25.8. The van der Waals surface area contributed by atoms with Crippen LogP contribution >= 0.6 is 0 Å². The molecule has 0 bridgehead atoms. The van der Waals surface area contributed by atoms with Crippen LogP contribution in [-0.4, -0.2) is 65.7 Å². The van der Waals surface area contributed by atoms with E-state index in [0.717, 1.165) is 17.5 Å². The zero-order valence-electron chi connectivity index (χ0n) is 20.9. The maximum absolute atomic E-state index is 13.0. The van der Waals surface area contributed by atoms with Crippen molar-refractivity contribution >= 4 is 16.3 Å². The molecule has 2 aromatic carbocycles. The van der Waals surface area contributed by atoms with Gasteiger partial charge >= 0.3 is 6.09 Å². The molecule has 1 amide bonds. The third kappa shape index (κ3) is 9.60. The van der Waals surface area contributed by atoms with E-state index < -0.39 is 28.4 Å². The van der Waals surface area contributed by atoms with Gasteiger partial charge in [-0.1, -0.05) is 87.9 Å². The summed E-state index contributed by atoms with van der Waals surface area (Å²) < 4.78 is 29.9. The van der Waals surface area contributed by atoms with E-state index in [1.54, 1.807) is 0 Å². The first-order chi connectivity index (χ1) is 16.6. The summed E-state index contributed by atoms with van der Waals surface area (Å²) in [5.74, 6) is 0.0254. The predicted molar refractivity (Wildman–Crippen MR) is 138 cm³/mol. The van der Waals surface area contributed by atoms with Gasteiger partial charge in [0.25, 0.3) is 10.2 Å². The minimum absolute atomic E-state index is 0.0254. The van der Waals surface area contributed by atoms with Crippen LogP contribution in [0.15, 0.2) is 60.7 Å². The monoisotopic (exact) mass is 505 g/mol. The second-order valence-corrected chi connectivity index (χ2v) is 10.9. The highest BCUT2D eigenvalue weighted by molar-refractivity contribution is 7.87. The van der Waals surface area contributed by atoms with Crippen LogP contribution in [-0.2, 0) is 23.2 Å². The molecule has 0 aromatic heterocycles. The maximum Gasteiger partial charge on any atom is 0.407 e. The van der Waals surface area contributed by atoms with Crippen molar-refractivity contribution in [3.8, 4) is 0 Å². The Morgan fingerprint density at radius 2 is 1.54 bits per heavy atom. The van der Waals surface area contributed by atoms with Crippen molar-refractivity contribution in [2.75, 3.05) is 19.6 Å². The Bertz CT molecular complexity index is 987. The van der Waals surface area contributed by atoms with Crippen molar-refractivity contribution in [1.29, 1.82) is 0 Å². The Kier molecular flexibility index (Phi) is 11.7. The molecule has 0 aliphatic rings. The highest BCUT2D eigenvalue weighted by Crippen LogP contribution is 2.19. The van der Waals surface area contributed by atoms with Gasteiger partial charge in [0.05, 0.1) is 12.1 Å². The van der Waals surface area contributed by atoms with E-state index in [1.807, 2.05) is 81.4 Å². The van der Waals surface area contributed by atoms with Crippen molar-refractivity contribution in [3.05, 3.63) is 71.8 Å². The lowest BCUT2D eigenvalue weighted by Gasteiger charge is -2.36. The van der Waals surface area contributed by atoms with Crippen LogP contribution in [0.2, 0.25) is 0 Å². The number of aliphatic hydroxyl groups excluding tert-OH is 1. The Morgan fingerprint density at radius 1 is 0.971 bits per heavy atom. The first kappa shape index (κ1) is 28.8. The summed E-state index contributed by atoms with van der Waals surface area (Å²) in [5, 5.41) is 21.4. The molecule has 0 aliphatic heterocycles. The smallest absolute Gasteiger partial charge is 0.407 e. The number of carboxylic acid groups (broad SMARTS) is 1. The van der Waals surface area contributed by atoms with Gasteiger partial charge in [0.2, 0.25) is 0 Å². The summed E-state index contributed by atoms with van der Waals surface area (Å²) in [6.07, 6.45) is -0.607. The third-order valence-electron chi connectivity index (χ3n) is 5.69. The fourth-order valence-electron chi connectivity index (χ4n) is 3.89. The Labute approximate surface area is 209 Å². The maximum atomic E-state index is 13.0. The summed E-state index contributed by atoms with van der Waals surface area (Å²) in [4.78, 5) is 13.6. The van der Waals surface area contributed by atoms with E-state index in [2.05, 4.69) is 4.72 Å². The number of nitrogens with zero attached hydrogens (tertiary/aromatic N) is 2. The third-order valence-corrected chi connectivity index (χ3v) is 7.23. The molecule has 2 rings (SSSR count). The number of nitrogens with one attached hydrogen (secondary N) is 1. The Hall–Kier alpha value is -2.46. The van der Waals surface area contributed by atoms with Gasteiger partial charge in [-0.2, -0.15) is 12.7 Å². The van der Waals surface area contributed by atoms with Gasteiger partial charge in [-0.3, -0.25) is 4.90 Å². The summed E-state index contributed by atoms with van der Waals surface area (Å²) in [5.41, 5.74) is 1.64. The molecule has 9 heteroatoms. The molecule has 0 saturated heterocycles. The first-order valence-electron chi connectivity index (χ1n) is 12.1. The topological polar surface area (TPSA) is 110 Å². The minimum Gasteiger partial charge on any atom is -0.465 e. The second kappa shape index (κ2) is 14.2. The Morgan fingerprint density at radius 3 is 2.06 bits per heavy atom. The molecule has 0 saturated carbocycles. The van der Waals surface area contributed by atoms with Crippen molar-refractivity contribution in [3.63, 3.8) is 0 Å². The van der Waals surface area contributed by atoms with Crippen molar-refractivity contribution in [2.24, 2.45) is 5.92 Å². The highest BCUT2D eigenvalue weighted by atomic mass is 32.2. The average molecular weight is 506 g/mol. The molecule has 3 N–H and O–H groups in total. The van der Waals surface area contributed by atoms with Crippen LogP contribution in [0.5, 0.6) is 0 Å². The molecule has 1 unspecified atom stereocenters. The standard InChI is InChI=1S/C26H39N3O5S/c1-4-5-16-27-35(33,34)28(18-21(2)3)20-25(30)24(17-22-12-8-6-9-13-22)29(26(31)32)19-23-14-10-7-11-15-23/h6-15,21,24-25,27,30H,4-5,16-20H2,1-3H3,(H,31,32)/t24?,25-/m1/s1. The van der Waals surface area contributed by atoms with Gasteiger partial charge in [-0.15, -0.1) is 0 Å². The van der Waals surface area contributed by atoms with Crippen LogP contribution in [0, 0.1) is 5.92 Å². The van der Waals surface area contributed by atoms with E-state index in [4.69, 9.17) is 0 Å². The number of rotatable bonds is 15. The van der Waals surface area contributed by atoms with Crippen LogP contribution < -0.4 is 4.72 Å². The lowest BCUT2D eigenvalue weighted by Crippen LogP contribution is -2.54. The molecule has 2 aromatic rings. The number of carbonyl (C=O) groups is 1. The lowest BCUT2D eigenvalue weighted by atomic mass is 9.98. The molecule has 0 aliphatic carbocycles. The van der Waals surface area contributed by atoms with E-state index in [-0.39, 0.29) is 32.0 Å². The van der Waals surface area contributed by atoms with E-state index in [0.29, 0.717) is 13.0 Å². The summed E-state index contributed by atoms with van der Waals surface area (Å²) >= 11 is 0. The number of hydrogen-bond donors (Lipinski definition) is 3. The molecular weight excluding hydrogens is 466 g/mol. The molecule has 194 valence electrons. The second-order valence-electron chi connectivity index (χ2n) is 9.18. The molecule has 35 heavy (non-hydrogen) atoms. The van der Waals surface area contributed by atoms with Crippen molar-refractivity contribution < 1.29 is 23.4 Å². The quantitative estimate of drug-likeness (QED) is 0.320. The van der Waals surface area contributed by atoms with E-state index in [9.17, 15) is 23.4 Å². The summed E-state index contributed by atoms with van der Waals surface area (Å²) in [7, 11) is -3.84. The van der Waals surface area contributed by atoms with E-state index >= 15 is 0 Å². The van der Waals surface area contributed by atoms with Crippen LogP contribution in [0.25, 0.3) is 0 Å². The van der Waals surface area contributed by atoms with E-state index in [1.165, 1.54) is 9.21 Å². The number of benzene rings is 2. The zero-order valence-corrected chi connectivity index (χ0v) is 21.7. The molecule has 0 spiro atoms. The van der Waals surface area contributed by atoms with Crippen LogP contribution in [0.1, 0.15) is 44.7 Å².